The highest BCUT2D eigenvalue weighted by Gasteiger charge is 2.05. The summed E-state index contributed by atoms with van der Waals surface area (Å²) >= 11 is 0. The first kappa shape index (κ1) is 10.5. The fourth-order valence-electron chi connectivity index (χ4n) is 1.54. The number of nitrogens with one attached hydrogen (secondary N) is 1. The summed E-state index contributed by atoms with van der Waals surface area (Å²) in [6.07, 6.45) is 1.80. The Bertz CT molecular complexity index is 436. The normalized spacial score (nSPS) is 12.1. The molecule has 0 spiro atoms. The van der Waals surface area contributed by atoms with E-state index in [1.807, 2.05) is 42.5 Å². The first-order valence-electron chi connectivity index (χ1n) is 5.29. The van der Waals surface area contributed by atoms with Crippen LogP contribution in [0.15, 0.2) is 48.7 Å². The minimum Gasteiger partial charge on any atom is -0.399 e. The summed E-state index contributed by atoms with van der Waals surface area (Å²) in [6, 6.07) is 13.8. The number of nitrogens with two attached hydrogens (primary N) is 1. The van der Waals surface area contributed by atoms with Gasteiger partial charge in [0.05, 0.1) is 11.7 Å². The van der Waals surface area contributed by atoms with E-state index in [0.717, 1.165) is 17.1 Å². The third-order valence-electron chi connectivity index (χ3n) is 2.43. The van der Waals surface area contributed by atoms with Crippen LogP contribution in [-0.4, -0.2) is 4.98 Å². The highest BCUT2D eigenvalue weighted by Crippen LogP contribution is 2.18. The van der Waals surface area contributed by atoms with Crippen LogP contribution in [-0.2, 0) is 0 Å². The molecule has 0 amide bonds. The number of benzene rings is 1. The van der Waals surface area contributed by atoms with Crippen molar-refractivity contribution in [2.75, 3.05) is 11.1 Å². The number of aromatic nitrogens is 1. The molecule has 1 aromatic carbocycles. The lowest BCUT2D eigenvalue weighted by atomic mass is 10.2. The zero-order valence-electron chi connectivity index (χ0n) is 9.22. The van der Waals surface area contributed by atoms with Crippen LogP contribution in [0.25, 0.3) is 0 Å². The van der Waals surface area contributed by atoms with Crippen molar-refractivity contribution in [2.24, 2.45) is 0 Å². The average Bonchev–Trinajstić information content (AvgIpc) is 2.33. The summed E-state index contributed by atoms with van der Waals surface area (Å²) in [6.45, 7) is 2.08. The molecule has 0 aliphatic heterocycles. The number of anilines is 2. The highest BCUT2D eigenvalue weighted by molar-refractivity contribution is 5.51. The second kappa shape index (κ2) is 4.66. The van der Waals surface area contributed by atoms with Crippen molar-refractivity contribution in [2.45, 2.75) is 13.0 Å². The Morgan fingerprint density at radius 2 is 1.88 bits per heavy atom. The van der Waals surface area contributed by atoms with E-state index < -0.39 is 0 Å². The van der Waals surface area contributed by atoms with Crippen LogP contribution in [0.1, 0.15) is 18.7 Å². The quantitative estimate of drug-likeness (QED) is 0.771. The maximum atomic E-state index is 5.63. The molecule has 82 valence electrons. The van der Waals surface area contributed by atoms with Gasteiger partial charge in [-0.15, -0.1) is 0 Å². The number of rotatable bonds is 3. The Hall–Kier alpha value is -2.03. The number of nitrogen functional groups attached to an aromatic ring is 1. The molecule has 1 aromatic heterocycles. The molecule has 2 aromatic rings. The third-order valence-corrected chi connectivity index (χ3v) is 2.43. The SMILES string of the molecule is CC(Nc1ccc(N)cc1)c1ccccn1. The van der Waals surface area contributed by atoms with Crippen molar-refractivity contribution in [3.8, 4) is 0 Å². The van der Waals surface area contributed by atoms with Gasteiger partial charge in [0, 0.05) is 17.6 Å². The van der Waals surface area contributed by atoms with Gasteiger partial charge in [-0.25, -0.2) is 0 Å². The van der Waals surface area contributed by atoms with Crippen LogP contribution < -0.4 is 11.1 Å². The third kappa shape index (κ3) is 2.51. The standard InChI is InChI=1S/C13H15N3/c1-10(13-4-2-3-9-15-13)16-12-7-5-11(14)6-8-12/h2-10,16H,14H2,1H3. The number of hydrogen-bond acceptors (Lipinski definition) is 3. The zero-order chi connectivity index (χ0) is 11.4. The fourth-order valence-corrected chi connectivity index (χ4v) is 1.54. The van der Waals surface area contributed by atoms with E-state index in [4.69, 9.17) is 5.73 Å². The van der Waals surface area contributed by atoms with Crippen molar-refractivity contribution in [3.63, 3.8) is 0 Å². The zero-order valence-corrected chi connectivity index (χ0v) is 9.22. The molecular weight excluding hydrogens is 198 g/mol. The molecule has 3 heteroatoms. The molecule has 16 heavy (non-hydrogen) atoms. The predicted octanol–water partition coefficient (Wildman–Crippen LogP) is 2.84. The lowest BCUT2D eigenvalue weighted by molar-refractivity contribution is 0.839. The average molecular weight is 213 g/mol. The Morgan fingerprint density at radius 3 is 2.50 bits per heavy atom. The van der Waals surface area contributed by atoms with Crippen molar-refractivity contribution in [3.05, 3.63) is 54.4 Å². The Labute approximate surface area is 95.3 Å². The maximum Gasteiger partial charge on any atom is 0.0657 e. The van der Waals surface area contributed by atoms with Gasteiger partial charge in [0.25, 0.3) is 0 Å². The van der Waals surface area contributed by atoms with Crippen LogP contribution in [0, 0.1) is 0 Å². The maximum absolute atomic E-state index is 5.63. The van der Waals surface area contributed by atoms with E-state index in [0.29, 0.717) is 0 Å². The van der Waals surface area contributed by atoms with E-state index in [1.165, 1.54) is 0 Å². The molecule has 1 atom stereocenters. The van der Waals surface area contributed by atoms with Gasteiger partial charge in [-0.1, -0.05) is 6.07 Å². The van der Waals surface area contributed by atoms with Crippen LogP contribution >= 0.6 is 0 Å². The van der Waals surface area contributed by atoms with Crippen molar-refractivity contribution >= 4 is 11.4 Å². The van der Waals surface area contributed by atoms with E-state index >= 15 is 0 Å². The molecule has 0 bridgehead atoms. The molecule has 3 nitrogen and oxygen atoms in total. The number of pyridine rings is 1. The Balaban J connectivity index is 2.08. The predicted molar refractivity (Wildman–Crippen MR) is 67.1 cm³/mol. The summed E-state index contributed by atoms with van der Waals surface area (Å²) < 4.78 is 0. The molecule has 0 aliphatic rings. The lowest BCUT2D eigenvalue weighted by Gasteiger charge is -2.14. The second-order valence-electron chi connectivity index (χ2n) is 3.74. The van der Waals surface area contributed by atoms with Crippen molar-refractivity contribution in [1.82, 2.24) is 4.98 Å². The molecular formula is C13H15N3. The van der Waals surface area contributed by atoms with Gasteiger partial charge in [-0.2, -0.15) is 0 Å². The largest absolute Gasteiger partial charge is 0.399 e. The summed E-state index contributed by atoms with van der Waals surface area (Å²) in [5.41, 5.74) is 8.48. The van der Waals surface area contributed by atoms with Crippen LogP contribution in [0.5, 0.6) is 0 Å². The van der Waals surface area contributed by atoms with Gasteiger partial charge in [0.15, 0.2) is 0 Å². The van der Waals surface area contributed by atoms with E-state index in [1.54, 1.807) is 6.20 Å². The van der Waals surface area contributed by atoms with Crippen molar-refractivity contribution in [1.29, 1.82) is 0 Å². The minimum atomic E-state index is 0.185. The van der Waals surface area contributed by atoms with Gasteiger partial charge in [0.2, 0.25) is 0 Å². The van der Waals surface area contributed by atoms with Gasteiger partial charge in [0.1, 0.15) is 0 Å². The summed E-state index contributed by atoms with van der Waals surface area (Å²) in [5, 5.41) is 3.37. The van der Waals surface area contributed by atoms with Crippen LogP contribution in [0.2, 0.25) is 0 Å². The second-order valence-corrected chi connectivity index (χ2v) is 3.74. The Morgan fingerprint density at radius 1 is 1.12 bits per heavy atom. The van der Waals surface area contributed by atoms with E-state index in [9.17, 15) is 0 Å². The molecule has 0 saturated heterocycles. The molecule has 0 fully saturated rings. The topological polar surface area (TPSA) is 50.9 Å². The van der Waals surface area contributed by atoms with Crippen molar-refractivity contribution < 1.29 is 0 Å². The number of hydrogen-bond donors (Lipinski definition) is 2. The highest BCUT2D eigenvalue weighted by atomic mass is 14.9. The van der Waals surface area contributed by atoms with E-state index in [2.05, 4.69) is 17.2 Å². The monoisotopic (exact) mass is 213 g/mol. The summed E-state index contributed by atoms with van der Waals surface area (Å²) in [4.78, 5) is 4.31. The molecule has 3 N–H and O–H groups in total. The lowest BCUT2D eigenvalue weighted by Crippen LogP contribution is -2.07. The molecule has 0 aliphatic carbocycles. The van der Waals surface area contributed by atoms with Gasteiger partial charge in [-0.05, 0) is 43.3 Å². The summed E-state index contributed by atoms with van der Waals surface area (Å²) in [5.74, 6) is 0. The van der Waals surface area contributed by atoms with Gasteiger partial charge < -0.3 is 11.1 Å². The van der Waals surface area contributed by atoms with E-state index in [-0.39, 0.29) is 6.04 Å². The van der Waals surface area contributed by atoms with Gasteiger partial charge in [-0.3, -0.25) is 4.98 Å². The van der Waals surface area contributed by atoms with Gasteiger partial charge >= 0.3 is 0 Å². The Kier molecular flexibility index (Phi) is 3.05. The molecule has 0 radical (unpaired) electrons. The minimum absolute atomic E-state index is 0.185. The first-order chi connectivity index (χ1) is 7.75. The summed E-state index contributed by atoms with van der Waals surface area (Å²) in [7, 11) is 0. The smallest absolute Gasteiger partial charge is 0.0657 e. The molecule has 2 rings (SSSR count). The molecule has 0 saturated carbocycles. The fraction of sp³-hybridized carbons (Fsp3) is 0.154. The van der Waals surface area contributed by atoms with Crippen LogP contribution in [0.3, 0.4) is 0 Å². The first-order valence-corrected chi connectivity index (χ1v) is 5.29. The number of nitrogens with zero attached hydrogens (tertiary/aromatic N) is 1. The van der Waals surface area contributed by atoms with Crippen LogP contribution in [0.4, 0.5) is 11.4 Å². The molecule has 1 unspecified atom stereocenters. The molecule has 1 heterocycles.